The summed E-state index contributed by atoms with van der Waals surface area (Å²) in [5.41, 5.74) is 0.848. The topological polar surface area (TPSA) is 68.3 Å². The minimum Gasteiger partial charge on any atom is -0.493 e. The van der Waals surface area contributed by atoms with Gasteiger partial charge in [-0.1, -0.05) is 6.08 Å². The third-order valence-corrected chi connectivity index (χ3v) is 2.75. The van der Waals surface area contributed by atoms with Gasteiger partial charge in [-0.25, -0.2) is 9.97 Å². The summed E-state index contributed by atoms with van der Waals surface area (Å²) in [6.07, 6.45) is 3.26. The molecule has 0 saturated carbocycles. The molecule has 0 aliphatic carbocycles. The molecular weight excluding hydrogens is 268 g/mol. The zero-order chi connectivity index (χ0) is 15.1. The summed E-state index contributed by atoms with van der Waals surface area (Å²) in [7, 11) is 3.20. The molecule has 6 heteroatoms. The van der Waals surface area contributed by atoms with Crippen LogP contribution in [0.4, 0.5) is 17.3 Å². The highest BCUT2D eigenvalue weighted by Gasteiger charge is 2.05. The smallest absolute Gasteiger partial charge is 0.162 e. The van der Waals surface area contributed by atoms with E-state index >= 15 is 0 Å². The van der Waals surface area contributed by atoms with Gasteiger partial charge in [0, 0.05) is 24.4 Å². The van der Waals surface area contributed by atoms with Gasteiger partial charge in [-0.15, -0.1) is 6.58 Å². The second-order valence-electron chi connectivity index (χ2n) is 4.15. The van der Waals surface area contributed by atoms with E-state index in [2.05, 4.69) is 27.2 Å². The van der Waals surface area contributed by atoms with Gasteiger partial charge in [0.15, 0.2) is 11.5 Å². The zero-order valence-electron chi connectivity index (χ0n) is 12.1. The van der Waals surface area contributed by atoms with E-state index in [1.165, 1.54) is 6.33 Å². The zero-order valence-corrected chi connectivity index (χ0v) is 12.1. The summed E-state index contributed by atoms with van der Waals surface area (Å²) in [5, 5.41) is 6.30. The Bertz CT molecular complexity index is 616. The number of aromatic nitrogens is 2. The Kier molecular flexibility index (Phi) is 4.98. The highest BCUT2D eigenvalue weighted by Crippen LogP contribution is 2.30. The van der Waals surface area contributed by atoms with Crippen LogP contribution in [-0.2, 0) is 0 Å². The van der Waals surface area contributed by atoms with E-state index in [-0.39, 0.29) is 0 Å². The van der Waals surface area contributed by atoms with Crippen molar-refractivity contribution in [2.75, 3.05) is 31.4 Å². The van der Waals surface area contributed by atoms with Gasteiger partial charge in [0.05, 0.1) is 14.2 Å². The number of hydrogen-bond acceptors (Lipinski definition) is 6. The first kappa shape index (κ1) is 14.6. The van der Waals surface area contributed by atoms with Crippen LogP contribution in [0.25, 0.3) is 0 Å². The second kappa shape index (κ2) is 7.14. The summed E-state index contributed by atoms with van der Waals surface area (Å²) in [5.74, 6) is 2.75. The number of hydrogen-bond donors (Lipinski definition) is 2. The molecule has 0 bridgehead atoms. The average Bonchev–Trinajstić information content (AvgIpc) is 2.53. The summed E-state index contributed by atoms with van der Waals surface area (Å²) in [4.78, 5) is 8.31. The first-order valence-corrected chi connectivity index (χ1v) is 6.42. The van der Waals surface area contributed by atoms with E-state index in [1.54, 1.807) is 20.3 Å². The molecule has 0 atom stereocenters. The molecule has 0 unspecified atom stereocenters. The summed E-state index contributed by atoms with van der Waals surface area (Å²) >= 11 is 0. The van der Waals surface area contributed by atoms with Gasteiger partial charge in [0.1, 0.15) is 18.0 Å². The standard InChI is InChI=1S/C15H18N4O2/c1-4-7-16-14-9-15(18-10-17-14)19-11-5-6-12(20-2)13(8-11)21-3/h4-6,8-10H,1,7H2,2-3H3,(H2,16,17,18,19). The normalized spacial score (nSPS) is 9.81. The molecule has 6 nitrogen and oxygen atoms in total. The first-order chi connectivity index (χ1) is 10.3. The maximum absolute atomic E-state index is 5.27. The Balaban J connectivity index is 2.15. The van der Waals surface area contributed by atoms with Gasteiger partial charge in [-0.2, -0.15) is 0 Å². The Labute approximate surface area is 123 Å². The lowest BCUT2D eigenvalue weighted by atomic mass is 10.2. The molecule has 1 heterocycles. The number of benzene rings is 1. The molecule has 21 heavy (non-hydrogen) atoms. The average molecular weight is 286 g/mol. The van der Waals surface area contributed by atoms with E-state index in [0.717, 1.165) is 11.5 Å². The van der Waals surface area contributed by atoms with Crippen molar-refractivity contribution in [3.05, 3.63) is 43.2 Å². The molecule has 2 aromatic rings. The number of anilines is 3. The highest BCUT2D eigenvalue weighted by atomic mass is 16.5. The van der Waals surface area contributed by atoms with Crippen LogP contribution in [0, 0.1) is 0 Å². The molecule has 1 aromatic heterocycles. The molecule has 110 valence electrons. The Morgan fingerprint density at radius 3 is 2.57 bits per heavy atom. The van der Waals surface area contributed by atoms with Crippen molar-refractivity contribution < 1.29 is 9.47 Å². The fourth-order valence-corrected chi connectivity index (χ4v) is 1.76. The van der Waals surface area contributed by atoms with Crippen LogP contribution in [0.3, 0.4) is 0 Å². The molecule has 0 aliphatic heterocycles. The van der Waals surface area contributed by atoms with Crippen molar-refractivity contribution in [1.82, 2.24) is 9.97 Å². The number of nitrogens with one attached hydrogen (secondary N) is 2. The SMILES string of the molecule is C=CCNc1cc(Nc2ccc(OC)c(OC)c2)ncn1. The van der Waals surface area contributed by atoms with Crippen LogP contribution in [-0.4, -0.2) is 30.7 Å². The lowest BCUT2D eigenvalue weighted by Gasteiger charge is -2.11. The minimum absolute atomic E-state index is 0.646. The van der Waals surface area contributed by atoms with Gasteiger partial charge >= 0.3 is 0 Å². The number of rotatable bonds is 7. The molecule has 0 radical (unpaired) electrons. The van der Waals surface area contributed by atoms with E-state index in [9.17, 15) is 0 Å². The van der Waals surface area contributed by atoms with Crippen LogP contribution in [0.5, 0.6) is 11.5 Å². The predicted octanol–water partition coefficient (Wildman–Crippen LogP) is 2.84. The van der Waals surface area contributed by atoms with Crippen LogP contribution in [0.2, 0.25) is 0 Å². The molecule has 2 rings (SSSR count). The van der Waals surface area contributed by atoms with E-state index < -0.39 is 0 Å². The first-order valence-electron chi connectivity index (χ1n) is 6.42. The Hall–Kier alpha value is -2.76. The van der Waals surface area contributed by atoms with Gasteiger partial charge < -0.3 is 20.1 Å². The lowest BCUT2D eigenvalue weighted by molar-refractivity contribution is 0.355. The van der Waals surface area contributed by atoms with E-state index in [1.807, 2.05) is 24.3 Å². The van der Waals surface area contributed by atoms with Gasteiger partial charge in [0.2, 0.25) is 0 Å². The van der Waals surface area contributed by atoms with Crippen LogP contribution in [0.1, 0.15) is 0 Å². The van der Waals surface area contributed by atoms with Crippen LogP contribution in [0.15, 0.2) is 43.2 Å². The van der Waals surface area contributed by atoms with Crippen molar-refractivity contribution in [3.63, 3.8) is 0 Å². The van der Waals surface area contributed by atoms with Gasteiger partial charge in [0.25, 0.3) is 0 Å². The largest absolute Gasteiger partial charge is 0.493 e. The predicted molar refractivity (Wildman–Crippen MR) is 83.5 cm³/mol. The Morgan fingerprint density at radius 1 is 1.10 bits per heavy atom. The molecule has 2 N–H and O–H groups in total. The fraction of sp³-hybridized carbons (Fsp3) is 0.200. The van der Waals surface area contributed by atoms with Crippen molar-refractivity contribution in [3.8, 4) is 11.5 Å². The van der Waals surface area contributed by atoms with E-state index in [0.29, 0.717) is 23.9 Å². The molecule has 0 spiro atoms. The van der Waals surface area contributed by atoms with Crippen LogP contribution >= 0.6 is 0 Å². The van der Waals surface area contributed by atoms with Gasteiger partial charge in [-0.05, 0) is 12.1 Å². The maximum Gasteiger partial charge on any atom is 0.162 e. The van der Waals surface area contributed by atoms with Gasteiger partial charge in [-0.3, -0.25) is 0 Å². The fourth-order valence-electron chi connectivity index (χ4n) is 1.76. The van der Waals surface area contributed by atoms with Crippen molar-refractivity contribution in [2.24, 2.45) is 0 Å². The molecule has 0 saturated heterocycles. The monoisotopic (exact) mass is 286 g/mol. The third kappa shape index (κ3) is 3.85. The summed E-state index contributed by atoms with van der Waals surface area (Å²) in [6, 6.07) is 7.39. The van der Waals surface area contributed by atoms with Crippen molar-refractivity contribution in [1.29, 1.82) is 0 Å². The third-order valence-electron chi connectivity index (χ3n) is 2.75. The highest BCUT2D eigenvalue weighted by molar-refractivity contribution is 5.62. The second-order valence-corrected chi connectivity index (χ2v) is 4.15. The Morgan fingerprint density at radius 2 is 1.86 bits per heavy atom. The number of ether oxygens (including phenoxy) is 2. The number of methoxy groups -OCH3 is 2. The van der Waals surface area contributed by atoms with Crippen molar-refractivity contribution in [2.45, 2.75) is 0 Å². The molecule has 1 aromatic carbocycles. The maximum atomic E-state index is 5.27. The molecule has 0 aliphatic rings. The lowest BCUT2D eigenvalue weighted by Crippen LogP contribution is -2.02. The molecule has 0 fully saturated rings. The van der Waals surface area contributed by atoms with Crippen molar-refractivity contribution >= 4 is 17.3 Å². The van der Waals surface area contributed by atoms with Crippen LogP contribution < -0.4 is 20.1 Å². The molecule has 0 amide bonds. The minimum atomic E-state index is 0.646. The summed E-state index contributed by atoms with van der Waals surface area (Å²) < 4.78 is 10.5. The number of nitrogens with zero attached hydrogens (tertiary/aromatic N) is 2. The summed E-state index contributed by atoms with van der Waals surface area (Å²) in [6.45, 7) is 4.30. The van der Waals surface area contributed by atoms with E-state index in [4.69, 9.17) is 9.47 Å². The quantitative estimate of drug-likeness (QED) is 0.763. The molecular formula is C15H18N4O2.